The number of halogens is 1. The zero-order chi connectivity index (χ0) is 9.97. The van der Waals surface area contributed by atoms with Crippen LogP contribution in [0.4, 0.5) is 0 Å². The highest BCUT2D eigenvalue weighted by atomic mass is 35.5. The van der Waals surface area contributed by atoms with E-state index >= 15 is 0 Å². The standard InChI is InChI=1S/C9H7ClN2S2/c1-6-11-7(10)5-8(12-6)14-9-3-2-4-13-9/h2-5H,1H3. The van der Waals surface area contributed by atoms with E-state index in [0.29, 0.717) is 11.0 Å². The molecule has 0 atom stereocenters. The van der Waals surface area contributed by atoms with E-state index in [1.54, 1.807) is 29.2 Å². The molecule has 5 heteroatoms. The highest BCUT2D eigenvalue weighted by Crippen LogP contribution is 2.30. The van der Waals surface area contributed by atoms with Crippen molar-refractivity contribution in [1.82, 2.24) is 9.97 Å². The maximum atomic E-state index is 5.83. The summed E-state index contributed by atoms with van der Waals surface area (Å²) >= 11 is 9.12. The van der Waals surface area contributed by atoms with Crippen LogP contribution >= 0.6 is 34.7 Å². The number of nitrogens with zero attached hydrogens (tertiary/aromatic N) is 2. The number of aryl methyl sites for hydroxylation is 1. The van der Waals surface area contributed by atoms with Crippen LogP contribution in [0.5, 0.6) is 0 Å². The number of hydrogen-bond donors (Lipinski definition) is 0. The van der Waals surface area contributed by atoms with E-state index in [-0.39, 0.29) is 0 Å². The fourth-order valence-electron chi connectivity index (χ4n) is 0.982. The molecule has 2 nitrogen and oxygen atoms in total. The second kappa shape index (κ2) is 4.29. The summed E-state index contributed by atoms with van der Waals surface area (Å²) in [5.74, 6) is 0.705. The van der Waals surface area contributed by atoms with Crippen LogP contribution in [0.2, 0.25) is 5.15 Å². The Morgan fingerprint density at radius 2 is 2.29 bits per heavy atom. The molecule has 0 spiro atoms. The molecular formula is C9H7ClN2S2. The average Bonchev–Trinajstić information content (AvgIpc) is 2.54. The van der Waals surface area contributed by atoms with Crippen molar-refractivity contribution in [3.63, 3.8) is 0 Å². The molecule has 0 amide bonds. The maximum absolute atomic E-state index is 5.83. The van der Waals surface area contributed by atoms with Crippen molar-refractivity contribution in [1.29, 1.82) is 0 Å². The molecule has 0 aliphatic heterocycles. The fraction of sp³-hybridized carbons (Fsp3) is 0.111. The molecule has 0 unspecified atom stereocenters. The zero-order valence-electron chi connectivity index (χ0n) is 7.40. The van der Waals surface area contributed by atoms with Gasteiger partial charge in [-0.2, -0.15) is 0 Å². The molecule has 0 aliphatic rings. The monoisotopic (exact) mass is 242 g/mol. The smallest absolute Gasteiger partial charge is 0.133 e. The molecule has 0 saturated carbocycles. The minimum absolute atomic E-state index is 0.497. The minimum Gasteiger partial charge on any atom is -0.226 e. The molecule has 2 aromatic heterocycles. The molecule has 0 aliphatic carbocycles. The molecule has 0 radical (unpaired) electrons. The van der Waals surface area contributed by atoms with Gasteiger partial charge in [-0.05, 0) is 18.4 Å². The van der Waals surface area contributed by atoms with Gasteiger partial charge in [-0.15, -0.1) is 11.3 Å². The van der Waals surface area contributed by atoms with Gasteiger partial charge in [0.05, 0.1) is 4.21 Å². The van der Waals surface area contributed by atoms with Crippen molar-refractivity contribution in [2.24, 2.45) is 0 Å². The van der Waals surface area contributed by atoms with Gasteiger partial charge in [0.2, 0.25) is 0 Å². The summed E-state index contributed by atoms with van der Waals surface area (Å²) < 4.78 is 1.21. The van der Waals surface area contributed by atoms with Gasteiger partial charge in [0.1, 0.15) is 16.0 Å². The highest BCUT2D eigenvalue weighted by Gasteiger charge is 2.02. The second-order valence-corrected chi connectivity index (χ2v) is 5.27. The predicted octanol–water partition coefficient (Wildman–Crippen LogP) is 3.65. The number of thiophene rings is 1. The Bertz CT molecular complexity index is 408. The molecule has 0 bridgehead atoms. The first-order chi connectivity index (χ1) is 6.74. The van der Waals surface area contributed by atoms with Crippen LogP contribution in [-0.4, -0.2) is 9.97 Å². The molecule has 2 aromatic rings. The molecule has 0 fully saturated rings. The van der Waals surface area contributed by atoms with Crippen LogP contribution < -0.4 is 0 Å². The molecule has 0 N–H and O–H groups in total. The van der Waals surface area contributed by atoms with Crippen molar-refractivity contribution < 1.29 is 0 Å². The third-order valence-electron chi connectivity index (χ3n) is 1.48. The summed E-state index contributed by atoms with van der Waals surface area (Å²) in [7, 11) is 0. The Morgan fingerprint density at radius 1 is 1.43 bits per heavy atom. The third-order valence-corrected chi connectivity index (χ3v) is 3.63. The van der Waals surface area contributed by atoms with Gasteiger partial charge in [-0.25, -0.2) is 9.97 Å². The van der Waals surface area contributed by atoms with E-state index in [9.17, 15) is 0 Å². The minimum atomic E-state index is 0.497. The maximum Gasteiger partial charge on any atom is 0.133 e. The lowest BCUT2D eigenvalue weighted by Gasteiger charge is -1.99. The quantitative estimate of drug-likeness (QED) is 0.752. The zero-order valence-corrected chi connectivity index (χ0v) is 9.79. The van der Waals surface area contributed by atoms with Crippen molar-refractivity contribution >= 4 is 34.7 Å². The lowest BCUT2D eigenvalue weighted by atomic mass is 10.6. The number of rotatable bonds is 2. The normalized spacial score (nSPS) is 10.4. The summed E-state index contributed by atoms with van der Waals surface area (Å²) in [5.41, 5.74) is 0. The van der Waals surface area contributed by atoms with Gasteiger partial charge in [0.15, 0.2) is 0 Å². The van der Waals surface area contributed by atoms with Crippen LogP contribution in [0.25, 0.3) is 0 Å². The molecular weight excluding hydrogens is 236 g/mol. The van der Waals surface area contributed by atoms with Gasteiger partial charge in [-0.1, -0.05) is 29.4 Å². The van der Waals surface area contributed by atoms with E-state index in [1.807, 2.05) is 18.4 Å². The van der Waals surface area contributed by atoms with Crippen LogP contribution in [0, 0.1) is 6.92 Å². The first-order valence-corrected chi connectivity index (χ1v) is 6.04. The van der Waals surface area contributed by atoms with Gasteiger partial charge in [0, 0.05) is 6.07 Å². The topological polar surface area (TPSA) is 25.8 Å². The number of hydrogen-bond acceptors (Lipinski definition) is 4. The summed E-state index contributed by atoms with van der Waals surface area (Å²) in [6.07, 6.45) is 0. The third kappa shape index (κ3) is 2.47. The van der Waals surface area contributed by atoms with Crippen LogP contribution in [0.1, 0.15) is 5.82 Å². The van der Waals surface area contributed by atoms with Crippen molar-refractivity contribution in [3.05, 3.63) is 34.6 Å². The Labute approximate surface area is 95.4 Å². The Hall–Kier alpha value is -0.580. The van der Waals surface area contributed by atoms with Crippen molar-refractivity contribution in [2.45, 2.75) is 16.2 Å². The largest absolute Gasteiger partial charge is 0.226 e. The van der Waals surface area contributed by atoms with Gasteiger partial charge < -0.3 is 0 Å². The van der Waals surface area contributed by atoms with Crippen LogP contribution in [0.3, 0.4) is 0 Å². The first kappa shape index (κ1) is 9.96. The van der Waals surface area contributed by atoms with Crippen molar-refractivity contribution in [3.8, 4) is 0 Å². The summed E-state index contributed by atoms with van der Waals surface area (Å²) in [6.45, 7) is 1.84. The Morgan fingerprint density at radius 3 is 2.93 bits per heavy atom. The van der Waals surface area contributed by atoms with Gasteiger partial charge in [-0.3, -0.25) is 0 Å². The summed E-state index contributed by atoms with van der Waals surface area (Å²) in [5, 5.41) is 3.43. The molecule has 2 heterocycles. The van der Waals surface area contributed by atoms with E-state index in [0.717, 1.165) is 5.03 Å². The molecule has 0 saturated heterocycles. The van der Waals surface area contributed by atoms with Crippen molar-refractivity contribution in [2.75, 3.05) is 0 Å². The summed E-state index contributed by atoms with van der Waals surface area (Å²) in [6, 6.07) is 5.85. The van der Waals surface area contributed by atoms with Crippen LogP contribution in [-0.2, 0) is 0 Å². The van der Waals surface area contributed by atoms with E-state index in [4.69, 9.17) is 11.6 Å². The summed E-state index contributed by atoms with van der Waals surface area (Å²) in [4.78, 5) is 8.29. The number of aromatic nitrogens is 2. The van der Waals surface area contributed by atoms with E-state index < -0.39 is 0 Å². The van der Waals surface area contributed by atoms with E-state index in [1.165, 1.54) is 4.21 Å². The Kier molecular flexibility index (Phi) is 3.05. The Balaban J connectivity index is 2.25. The average molecular weight is 243 g/mol. The van der Waals surface area contributed by atoms with Gasteiger partial charge in [0.25, 0.3) is 0 Å². The second-order valence-electron chi connectivity index (χ2n) is 2.61. The first-order valence-electron chi connectivity index (χ1n) is 3.96. The van der Waals surface area contributed by atoms with Crippen LogP contribution in [0.15, 0.2) is 32.8 Å². The highest BCUT2D eigenvalue weighted by molar-refractivity contribution is 8.01. The van der Waals surface area contributed by atoms with E-state index in [2.05, 4.69) is 16.0 Å². The SMILES string of the molecule is Cc1nc(Cl)cc(Sc2cccs2)n1. The fourth-order valence-corrected chi connectivity index (χ4v) is 3.04. The predicted molar refractivity (Wildman–Crippen MR) is 60.2 cm³/mol. The van der Waals surface area contributed by atoms with Gasteiger partial charge >= 0.3 is 0 Å². The lowest BCUT2D eigenvalue weighted by Crippen LogP contribution is -1.89. The molecule has 0 aromatic carbocycles. The molecule has 2 rings (SSSR count). The lowest BCUT2D eigenvalue weighted by molar-refractivity contribution is 0.969. The molecule has 14 heavy (non-hydrogen) atoms. The molecule has 72 valence electrons.